The summed E-state index contributed by atoms with van der Waals surface area (Å²) in [6.45, 7) is 0. The molecule has 0 heterocycles. The molecular formula is C9H7BrF2O3. The van der Waals surface area contributed by atoms with E-state index in [0.717, 1.165) is 18.2 Å². The lowest BCUT2D eigenvalue weighted by Gasteiger charge is -2.14. The van der Waals surface area contributed by atoms with Crippen molar-refractivity contribution in [1.82, 2.24) is 0 Å². The van der Waals surface area contributed by atoms with Crippen molar-refractivity contribution in [2.45, 2.75) is 12.3 Å². The van der Waals surface area contributed by atoms with Crippen LogP contribution in [0.3, 0.4) is 0 Å². The molecule has 1 aromatic carbocycles. The summed E-state index contributed by atoms with van der Waals surface area (Å²) >= 11 is 2.87. The number of carbonyl (C=O) groups is 1. The first kappa shape index (κ1) is 11.9. The minimum Gasteiger partial charge on any atom is -0.507 e. The normalized spacial score (nSPS) is 11.4. The second kappa shape index (κ2) is 4.14. The van der Waals surface area contributed by atoms with Gasteiger partial charge >= 0.3 is 5.97 Å². The van der Waals surface area contributed by atoms with E-state index >= 15 is 0 Å². The van der Waals surface area contributed by atoms with Gasteiger partial charge in [-0.3, -0.25) is 4.79 Å². The lowest BCUT2D eigenvalue weighted by Crippen LogP contribution is -2.18. The Kier molecular flexibility index (Phi) is 3.28. The predicted octanol–water partition coefficient (Wildman–Crippen LogP) is 2.72. The number of aliphatic carboxylic acids is 1. The number of halogens is 3. The van der Waals surface area contributed by atoms with E-state index in [2.05, 4.69) is 15.9 Å². The van der Waals surface area contributed by atoms with Crippen molar-refractivity contribution in [3.63, 3.8) is 0 Å². The molecule has 0 radical (unpaired) electrons. The van der Waals surface area contributed by atoms with E-state index in [1.54, 1.807) is 0 Å². The number of hydrogen-bond donors (Lipinski definition) is 2. The molecule has 0 aliphatic rings. The Morgan fingerprint density at radius 2 is 2.07 bits per heavy atom. The Balaban J connectivity index is 3.04. The minimum absolute atomic E-state index is 0.102. The highest BCUT2D eigenvalue weighted by Gasteiger charge is 2.34. The summed E-state index contributed by atoms with van der Waals surface area (Å²) in [5, 5.41) is 17.4. The topological polar surface area (TPSA) is 57.5 Å². The number of phenols is 1. The lowest BCUT2D eigenvalue weighted by molar-refractivity contribution is -0.145. The molecule has 1 aromatic rings. The van der Waals surface area contributed by atoms with Gasteiger partial charge in [0.15, 0.2) is 0 Å². The van der Waals surface area contributed by atoms with Crippen LogP contribution in [0, 0.1) is 0 Å². The Bertz CT molecular complexity index is 393. The number of carboxylic acid groups (broad SMARTS) is 1. The molecule has 0 bridgehead atoms. The highest BCUT2D eigenvalue weighted by molar-refractivity contribution is 9.10. The summed E-state index contributed by atoms with van der Waals surface area (Å²) in [6.07, 6.45) is -1.27. The Morgan fingerprint density at radius 3 is 2.53 bits per heavy atom. The molecule has 0 saturated carbocycles. The highest BCUT2D eigenvalue weighted by Crippen LogP contribution is 2.35. The summed E-state index contributed by atoms with van der Waals surface area (Å²) in [4.78, 5) is 10.2. The molecule has 0 fully saturated rings. The summed E-state index contributed by atoms with van der Waals surface area (Å²) in [6, 6.07) is 3.07. The molecule has 82 valence electrons. The first-order valence-corrected chi connectivity index (χ1v) is 4.71. The first-order valence-electron chi connectivity index (χ1n) is 3.91. The average Bonchev–Trinajstić information content (AvgIpc) is 2.07. The van der Waals surface area contributed by atoms with Gasteiger partial charge in [-0.15, -0.1) is 0 Å². The van der Waals surface area contributed by atoms with Crippen molar-refractivity contribution < 1.29 is 23.8 Å². The third-order valence-corrected chi connectivity index (χ3v) is 2.38. The molecule has 1 rings (SSSR count). The third kappa shape index (κ3) is 2.89. The van der Waals surface area contributed by atoms with Crippen LogP contribution in [0.25, 0.3) is 0 Å². The number of aromatic hydroxyl groups is 1. The summed E-state index contributed by atoms with van der Waals surface area (Å²) < 4.78 is 26.6. The van der Waals surface area contributed by atoms with Gasteiger partial charge in [0.05, 0.1) is 4.47 Å². The zero-order valence-electron chi connectivity index (χ0n) is 7.38. The monoisotopic (exact) mass is 280 g/mol. The van der Waals surface area contributed by atoms with E-state index < -0.39 is 23.9 Å². The van der Waals surface area contributed by atoms with Gasteiger partial charge in [0, 0.05) is 5.56 Å². The molecule has 0 amide bonds. The number of hydrogen-bond acceptors (Lipinski definition) is 2. The zero-order chi connectivity index (χ0) is 11.6. The lowest BCUT2D eigenvalue weighted by atomic mass is 10.1. The van der Waals surface area contributed by atoms with Gasteiger partial charge in [-0.25, -0.2) is 8.78 Å². The Hall–Kier alpha value is -1.17. The predicted molar refractivity (Wildman–Crippen MR) is 52.0 cm³/mol. The van der Waals surface area contributed by atoms with Crippen molar-refractivity contribution in [3.8, 4) is 5.75 Å². The molecule has 0 aromatic heterocycles. The van der Waals surface area contributed by atoms with Crippen LogP contribution in [0.4, 0.5) is 8.78 Å². The van der Waals surface area contributed by atoms with Crippen LogP contribution >= 0.6 is 15.9 Å². The number of rotatable bonds is 3. The van der Waals surface area contributed by atoms with Gasteiger partial charge in [0.2, 0.25) is 0 Å². The van der Waals surface area contributed by atoms with Crippen LogP contribution in [0.1, 0.15) is 12.0 Å². The molecule has 0 spiro atoms. The molecule has 0 aliphatic heterocycles. The number of carboxylic acids is 1. The maximum atomic E-state index is 13.2. The fourth-order valence-corrected chi connectivity index (χ4v) is 1.41. The van der Waals surface area contributed by atoms with Gasteiger partial charge in [-0.2, -0.15) is 0 Å². The van der Waals surface area contributed by atoms with Crippen molar-refractivity contribution in [2.75, 3.05) is 0 Å². The molecule has 0 aliphatic carbocycles. The summed E-state index contributed by atoms with van der Waals surface area (Å²) in [7, 11) is 0. The molecular weight excluding hydrogens is 274 g/mol. The van der Waals surface area contributed by atoms with Gasteiger partial charge in [0.1, 0.15) is 12.2 Å². The summed E-state index contributed by atoms with van der Waals surface area (Å²) in [5.41, 5.74) is -0.449. The van der Waals surface area contributed by atoms with Crippen molar-refractivity contribution in [3.05, 3.63) is 28.2 Å². The van der Waals surface area contributed by atoms with E-state index in [-0.39, 0.29) is 10.2 Å². The van der Waals surface area contributed by atoms with Crippen LogP contribution in [-0.4, -0.2) is 16.2 Å². The Morgan fingerprint density at radius 1 is 1.47 bits per heavy atom. The fourth-order valence-electron chi connectivity index (χ4n) is 1.03. The molecule has 0 atom stereocenters. The van der Waals surface area contributed by atoms with Crippen molar-refractivity contribution in [1.29, 1.82) is 0 Å². The third-order valence-electron chi connectivity index (χ3n) is 1.74. The molecule has 6 heteroatoms. The number of benzene rings is 1. The number of alkyl halides is 2. The molecule has 0 saturated heterocycles. The van der Waals surface area contributed by atoms with E-state index in [0.29, 0.717) is 0 Å². The summed E-state index contributed by atoms with van der Waals surface area (Å²) in [5.74, 6) is -5.20. The minimum atomic E-state index is -3.44. The van der Waals surface area contributed by atoms with Crippen LogP contribution in [0.15, 0.2) is 22.7 Å². The smallest absolute Gasteiger partial charge is 0.309 e. The van der Waals surface area contributed by atoms with Gasteiger partial charge in [0.25, 0.3) is 5.92 Å². The van der Waals surface area contributed by atoms with Crippen LogP contribution in [-0.2, 0) is 10.7 Å². The quantitative estimate of drug-likeness (QED) is 0.895. The van der Waals surface area contributed by atoms with Crippen LogP contribution in [0.2, 0.25) is 0 Å². The molecule has 3 nitrogen and oxygen atoms in total. The maximum Gasteiger partial charge on any atom is 0.309 e. The standard InChI is InChI=1S/C9H7BrF2O3/c10-6-3-5(1-2-7(6)13)9(11,12)4-8(14)15/h1-3,13H,4H2,(H,14,15). The largest absolute Gasteiger partial charge is 0.507 e. The van der Waals surface area contributed by atoms with E-state index in [1.807, 2.05) is 0 Å². The van der Waals surface area contributed by atoms with E-state index in [4.69, 9.17) is 10.2 Å². The maximum absolute atomic E-state index is 13.2. The molecule has 0 unspecified atom stereocenters. The molecule has 2 N–H and O–H groups in total. The van der Waals surface area contributed by atoms with E-state index in [9.17, 15) is 13.6 Å². The van der Waals surface area contributed by atoms with Gasteiger partial charge in [-0.1, -0.05) is 0 Å². The second-order valence-electron chi connectivity index (χ2n) is 2.94. The van der Waals surface area contributed by atoms with Gasteiger partial charge in [-0.05, 0) is 34.1 Å². The highest BCUT2D eigenvalue weighted by atomic mass is 79.9. The molecule has 15 heavy (non-hydrogen) atoms. The second-order valence-corrected chi connectivity index (χ2v) is 3.80. The number of phenolic OH excluding ortho intramolecular Hbond substituents is 1. The SMILES string of the molecule is O=C(O)CC(F)(F)c1ccc(O)c(Br)c1. The van der Waals surface area contributed by atoms with Crippen LogP contribution < -0.4 is 0 Å². The van der Waals surface area contributed by atoms with Crippen molar-refractivity contribution >= 4 is 21.9 Å². The zero-order valence-corrected chi connectivity index (χ0v) is 8.96. The first-order chi connectivity index (χ1) is 6.83. The van der Waals surface area contributed by atoms with Gasteiger partial charge < -0.3 is 10.2 Å². The average molecular weight is 281 g/mol. The Labute approximate surface area is 92.5 Å². The van der Waals surface area contributed by atoms with Crippen molar-refractivity contribution in [2.24, 2.45) is 0 Å². The van der Waals surface area contributed by atoms with Crippen LogP contribution in [0.5, 0.6) is 5.75 Å². The van der Waals surface area contributed by atoms with E-state index in [1.165, 1.54) is 0 Å². The fraction of sp³-hybridized carbons (Fsp3) is 0.222.